The Labute approximate surface area is 123 Å². The lowest BCUT2D eigenvalue weighted by molar-refractivity contribution is 0.586. The van der Waals surface area contributed by atoms with Crippen LogP contribution in [0.25, 0.3) is 0 Å². The van der Waals surface area contributed by atoms with E-state index in [2.05, 4.69) is 10.6 Å². The number of nitrogens with one attached hydrogen (secondary N) is 2. The summed E-state index contributed by atoms with van der Waals surface area (Å²) in [7, 11) is 0. The SMILES string of the molecule is Fc1ccc(NC(=S)Nc2ccc(F)cc2Cl)c(F)c1. The molecule has 0 saturated carbocycles. The van der Waals surface area contributed by atoms with E-state index in [1.807, 2.05) is 0 Å². The molecule has 104 valence electrons. The minimum Gasteiger partial charge on any atom is -0.331 e. The lowest BCUT2D eigenvalue weighted by Gasteiger charge is -2.12. The second kappa shape index (κ2) is 6.11. The summed E-state index contributed by atoms with van der Waals surface area (Å²) >= 11 is 10.8. The zero-order valence-corrected chi connectivity index (χ0v) is 11.5. The van der Waals surface area contributed by atoms with Crippen LogP contribution in [0.5, 0.6) is 0 Å². The number of anilines is 2. The van der Waals surface area contributed by atoms with Crippen LogP contribution in [0, 0.1) is 17.5 Å². The maximum atomic E-state index is 13.4. The van der Waals surface area contributed by atoms with Crippen LogP contribution in [0.1, 0.15) is 0 Å². The summed E-state index contributed by atoms with van der Waals surface area (Å²) in [5.74, 6) is -1.95. The predicted octanol–water partition coefficient (Wildman–Crippen LogP) is 4.57. The molecule has 0 aliphatic rings. The summed E-state index contributed by atoms with van der Waals surface area (Å²) < 4.78 is 39.0. The summed E-state index contributed by atoms with van der Waals surface area (Å²) in [6.07, 6.45) is 0. The third-order valence-electron chi connectivity index (χ3n) is 2.36. The Bertz CT molecular complexity index is 609. The van der Waals surface area contributed by atoms with Gasteiger partial charge in [-0.15, -0.1) is 0 Å². The van der Waals surface area contributed by atoms with Crippen molar-refractivity contribution >= 4 is 40.3 Å². The van der Waals surface area contributed by atoms with Crippen molar-refractivity contribution in [1.82, 2.24) is 0 Å². The second-order valence-corrected chi connectivity index (χ2v) is 4.64. The lowest BCUT2D eigenvalue weighted by atomic mass is 10.3. The normalized spacial score (nSPS) is 10.2. The van der Waals surface area contributed by atoms with E-state index in [0.717, 1.165) is 18.2 Å². The standard InChI is InChI=1S/C13H8ClF3N2S/c14-9-5-7(15)1-3-11(9)18-13(20)19-12-4-2-8(16)6-10(12)17/h1-6H,(H2,18,19,20). The van der Waals surface area contributed by atoms with Crippen LogP contribution in [0.2, 0.25) is 5.02 Å². The molecule has 2 rings (SSSR count). The molecule has 0 bridgehead atoms. The topological polar surface area (TPSA) is 24.1 Å². The second-order valence-electron chi connectivity index (χ2n) is 3.83. The van der Waals surface area contributed by atoms with Gasteiger partial charge in [-0.2, -0.15) is 0 Å². The van der Waals surface area contributed by atoms with Crippen molar-refractivity contribution in [2.75, 3.05) is 10.6 Å². The van der Waals surface area contributed by atoms with Crippen LogP contribution in [0.4, 0.5) is 24.5 Å². The van der Waals surface area contributed by atoms with Gasteiger partial charge in [0.15, 0.2) is 5.11 Å². The van der Waals surface area contributed by atoms with Crippen LogP contribution in [0.15, 0.2) is 36.4 Å². The van der Waals surface area contributed by atoms with Crippen molar-refractivity contribution in [3.63, 3.8) is 0 Å². The maximum Gasteiger partial charge on any atom is 0.175 e. The first kappa shape index (κ1) is 14.6. The van der Waals surface area contributed by atoms with Crippen molar-refractivity contribution in [2.24, 2.45) is 0 Å². The average molecular weight is 317 g/mol. The fourth-order valence-electron chi connectivity index (χ4n) is 1.46. The minimum atomic E-state index is -0.778. The molecule has 0 amide bonds. The third-order valence-corrected chi connectivity index (χ3v) is 2.88. The number of hydrogen-bond acceptors (Lipinski definition) is 1. The number of hydrogen-bond donors (Lipinski definition) is 2. The Balaban J connectivity index is 2.09. The van der Waals surface area contributed by atoms with E-state index in [1.165, 1.54) is 18.2 Å². The van der Waals surface area contributed by atoms with Crippen molar-refractivity contribution < 1.29 is 13.2 Å². The van der Waals surface area contributed by atoms with Crippen molar-refractivity contribution in [2.45, 2.75) is 0 Å². The molecule has 0 unspecified atom stereocenters. The fourth-order valence-corrected chi connectivity index (χ4v) is 1.89. The number of rotatable bonds is 2. The van der Waals surface area contributed by atoms with Gasteiger partial charge in [-0.25, -0.2) is 13.2 Å². The molecule has 20 heavy (non-hydrogen) atoms. The van der Waals surface area contributed by atoms with Gasteiger partial charge >= 0.3 is 0 Å². The van der Waals surface area contributed by atoms with Crippen LogP contribution in [-0.4, -0.2) is 5.11 Å². The Hall–Kier alpha value is -1.79. The Morgan fingerprint density at radius 3 is 2.05 bits per heavy atom. The smallest absolute Gasteiger partial charge is 0.175 e. The largest absolute Gasteiger partial charge is 0.331 e. The number of halogens is 4. The Morgan fingerprint density at radius 2 is 1.45 bits per heavy atom. The van der Waals surface area contributed by atoms with E-state index in [9.17, 15) is 13.2 Å². The molecule has 0 radical (unpaired) electrons. The van der Waals surface area contributed by atoms with Gasteiger partial charge in [0.05, 0.1) is 16.4 Å². The molecule has 0 aliphatic heterocycles. The lowest BCUT2D eigenvalue weighted by Crippen LogP contribution is -2.20. The van der Waals surface area contributed by atoms with Crippen LogP contribution in [-0.2, 0) is 0 Å². The summed E-state index contributed by atoms with van der Waals surface area (Å²) in [6.45, 7) is 0. The van der Waals surface area contributed by atoms with Crippen LogP contribution >= 0.6 is 23.8 Å². The van der Waals surface area contributed by atoms with Gasteiger partial charge in [-0.1, -0.05) is 11.6 Å². The van der Waals surface area contributed by atoms with Gasteiger partial charge in [0.1, 0.15) is 17.5 Å². The Morgan fingerprint density at radius 1 is 0.900 bits per heavy atom. The number of thiocarbonyl (C=S) groups is 1. The molecular formula is C13H8ClF3N2S. The van der Waals surface area contributed by atoms with Crippen LogP contribution in [0.3, 0.4) is 0 Å². The van der Waals surface area contributed by atoms with E-state index in [-0.39, 0.29) is 15.8 Å². The van der Waals surface area contributed by atoms with E-state index in [4.69, 9.17) is 23.8 Å². The zero-order chi connectivity index (χ0) is 14.7. The molecule has 0 aromatic heterocycles. The highest BCUT2D eigenvalue weighted by Crippen LogP contribution is 2.23. The first-order chi connectivity index (χ1) is 9.45. The summed E-state index contributed by atoms with van der Waals surface area (Å²) in [5.41, 5.74) is 0.384. The average Bonchev–Trinajstić information content (AvgIpc) is 2.36. The quantitative estimate of drug-likeness (QED) is 0.794. The van der Waals surface area contributed by atoms with Gasteiger partial charge in [0.25, 0.3) is 0 Å². The van der Waals surface area contributed by atoms with E-state index >= 15 is 0 Å². The molecule has 0 atom stereocenters. The first-order valence-corrected chi connectivity index (χ1v) is 6.22. The van der Waals surface area contributed by atoms with Gasteiger partial charge in [0, 0.05) is 6.07 Å². The molecule has 2 N–H and O–H groups in total. The molecule has 0 fully saturated rings. The third kappa shape index (κ3) is 3.61. The van der Waals surface area contributed by atoms with E-state index in [0.29, 0.717) is 5.69 Å². The summed E-state index contributed by atoms with van der Waals surface area (Å²) in [6, 6.07) is 6.76. The monoisotopic (exact) mass is 316 g/mol. The summed E-state index contributed by atoms with van der Waals surface area (Å²) in [4.78, 5) is 0. The predicted molar refractivity (Wildman–Crippen MR) is 77.6 cm³/mol. The van der Waals surface area contributed by atoms with Gasteiger partial charge < -0.3 is 10.6 Å². The molecule has 2 aromatic carbocycles. The van der Waals surface area contributed by atoms with Crippen molar-refractivity contribution in [3.05, 3.63) is 58.9 Å². The highest BCUT2D eigenvalue weighted by atomic mass is 35.5. The fraction of sp³-hybridized carbons (Fsp3) is 0. The number of benzene rings is 2. The molecule has 0 saturated heterocycles. The summed E-state index contributed by atoms with van der Waals surface area (Å²) in [5, 5.41) is 5.42. The van der Waals surface area contributed by atoms with Gasteiger partial charge in [-0.05, 0) is 42.5 Å². The molecule has 0 spiro atoms. The molecule has 7 heteroatoms. The molecule has 0 heterocycles. The van der Waals surface area contributed by atoms with Crippen molar-refractivity contribution in [1.29, 1.82) is 0 Å². The van der Waals surface area contributed by atoms with Crippen molar-refractivity contribution in [3.8, 4) is 0 Å². The highest BCUT2D eigenvalue weighted by Gasteiger charge is 2.07. The highest BCUT2D eigenvalue weighted by molar-refractivity contribution is 7.80. The molecular weight excluding hydrogens is 309 g/mol. The molecule has 2 aromatic rings. The minimum absolute atomic E-state index is 0.0159. The first-order valence-electron chi connectivity index (χ1n) is 5.44. The van der Waals surface area contributed by atoms with E-state index < -0.39 is 17.5 Å². The molecule has 0 aliphatic carbocycles. The zero-order valence-electron chi connectivity index (χ0n) is 9.88. The molecule has 2 nitrogen and oxygen atoms in total. The maximum absolute atomic E-state index is 13.4. The van der Waals surface area contributed by atoms with Gasteiger partial charge in [-0.3, -0.25) is 0 Å². The van der Waals surface area contributed by atoms with E-state index in [1.54, 1.807) is 0 Å². The van der Waals surface area contributed by atoms with Crippen LogP contribution < -0.4 is 10.6 Å². The Kier molecular flexibility index (Phi) is 4.46. The van der Waals surface area contributed by atoms with Gasteiger partial charge in [0.2, 0.25) is 0 Å².